The van der Waals surface area contributed by atoms with Crippen LogP contribution >= 0.6 is 11.6 Å². The minimum Gasteiger partial charge on any atom is -0.481 e. The number of nitrogens with one attached hydrogen (secondary N) is 1. The maximum absolute atomic E-state index is 14.6. The quantitative estimate of drug-likeness (QED) is 0.477. The number of nitrogens with zero attached hydrogens (tertiary/aromatic N) is 4. The van der Waals surface area contributed by atoms with Crippen molar-refractivity contribution < 1.29 is 28.6 Å². The van der Waals surface area contributed by atoms with Crippen LogP contribution in [0.2, 0.25) is 5.02 Å². The Morgan fingerprint density at radius 3 is 2.53 bits per heavy atom. The van der Waals surface area contributed by atoms with E-state index in [1.807, 2.05) is 0 Å². The summed E-state index contributed by atoms with van der Waals surface area (Å²) < 4.78 is 25.3. The van der Waals surface area contributed by atoms with E-state index in [9.17, 15) is 14.0 Å². The molecule has 1 atom stereocenters. The van der Waals surface area contributed by atoms with Crippen LogP contribution in [0.25, 0.3) is 11.4 Å². The van der Waals surface area contributed by atoms with Gasteiger partial charge >= 0.3 is 12.1 Å². The fourth-order valence-electron chi connectivity index (χ4n) is 2.83. The SMILES string of the molecule is CC(C)(C)OC(=O)NC(CC(=O)O)Cn1nnc(-c2ccc(Oc3ccc(Cl)cc3)c(F)c2)n1. The highest BCUT2D eigenvalue weighted by Crippen LogP contribution is 2.28. The fraction of sp³-hybridized carbons (Fsp3) is 0.318. The monoisotopic (exact) mass is 491 g/mol. The van der Waals surface area contributed by atoms with Gasteiger partial charge < -0.3 is 19.9 Å². The zero-order valence-corrected chi connectivity index (χ0v) is 19.4. The Balaban J connectivity index is 1.70. The lowest BCUT2D eigenvalue weighted by molar-refractivity contribution is -0.137. The van der Waals surface area contributed by atoms with Crippen LogP contribution in [-0.4, -0.2) is 49.0 Å². The second-order valence-corrected chi connectivity index (χ2v) is 8.75. The van der Waals surface area contributed by atoms with Crippen molar-refractivity contribution in [3.8, 4) is 22.9 Å². The van der Waals surface area contributed by atoms with Gasteiger partial charge in [0.25, 0.3) is 0 Å². The van der Waals surface area contributed by atoms with E-state index in [0.29, 0.717) is 16.3 Å². The van der Waals surface area contributed by atoms with Gasteiger partial charge in [-0.3, -0.25) is 4.79 Å². The number of carbonyl (C=O) groups is 2. The number of hydrogen-bond donors (Lipinski definition) is 2. The van der Waals surface area contributed by atoms with Crippen molar-refractivity contribution in [3.05, 3.63) is 53.3 Å². The number of hydrogen-bond acceptors (Lipinski definition) is 7. The maximum atomic E-state index is 14.6. The van der Waals surface area contributed by atoms with Gasteiger partial charge in [0.05, 0.1) is 19.0 Å². The molecular formula is C22H23ClFN5O5. The van der Waals surface area contributed by atoms with Crippen LogP contribution in [0.15, 0.2) is 42.5 Å². The van der Waals surface area contributed by atoms with Gasteiger partial charge in [0.15, 0.2) is 11.6 Å². The molecule has 12 heteroatoms. The minimum atomic E-state index is -1.13. The van der Waals surface area contributed by atoms with Crippen molar-refractivity contribution in [1.82, 2.24) is 25.5 Å². The van der Waals surface area contributed by atoms with Gasteiger partial charge in [-0.2, -0.15) is 4.80 Å². The Labute approximate surface area is 199 Å². The first kappa shape index (κ1) is 24.9. The van der Waals surface area contributed by atoms with Crippen LogP contribution < -0.4 is 10.1 Å². The van der Waals surface area contributed by atoms with Crippen LogP contribution in [-0.2, 0) is 16.1 Å². The highest BCUT2D eigenvalue weighted by atomic mass is 35.5. The van der Waals surface area contributed by atoms with Crippen LogP contribution in [0.1, 0.15) is 27.2 Å². The summed E-state index contributed by atoms with van der Waals surface area (Å²) in [7, 11) is 0. The van der Waals surface area contributed by atoms with Crippen LogP contribution in [0, 0.1) is 5.82 Å². The number of ether oxygens (including phenoxy) is 2. The molecule has 10 nitrogen and oxygen atoms in total. The van der Waals surface area contributed by atoms with Gasteiger partial charge in [0, 0.05) is 10.6 Å². The van der Waals surface area contributed by atoms with E-state index in [0.717, 1.165) is 4.80 Å². The van der Waals surface area contributed by atoms with Crippen molar-refractivity contribution in [1.29, 1.82) is 0 Å². The molecule has 2 aromatic carbocycles. The molecule has 1 amide bonds. The highest BCUT2D eigenvalue weighted by molar-refractivity contribution is 6.30. The molecule has 2 N–H and O–H groups in total. The molecule has 0 fully saturated rings. The maximum Gasteiger partial charge on any atom is 0.407 e. The molecule has 0 saturated heterocycles. The van der Waals surface area contributed by atoms with E-state index in [4.69, 9.17) is 26.2 Å². The van der Waals surface area contributed by atoms with Crippen molar-refractivity contribution in [2.45, 2.75) is 45.4 Å². The largest absolute Gasteiger partial charge is 0.481 e. The molecule has 180 valence electrons. The number of rotatable bonds is 8. The summed E-state index contributed by atoms with van der Waals surface area (Å²) in [6.45, 7) is 4.98. The average molecular weight is 492 g/mol. The van der Waals surface area contributed by atoms with Crippen LogP contribution in [0.5, 0.6) is 11.5 Å². The molecule has 0 bridgehead atoms. The molecule has 0 spiro atoms. The topological polar surface area (TPSA) is 128 Å². The first-order chi connectivity index (χ1) is 16.0. The molecule has 3 rings (SSSR count). The summed E-state index contributed by atoms with van der Waals surface area (Å²) >= 11 is 5.84. The number of aromatic nitrogens is 4. The van der Waals surface area contributed by atoms with Gasteiger partial charge in [-0.15, -0.1) is 10.2 Å². The summed E-state index contributed by atoms with van der Waals surface area (Å²) in [5.74, 6) is -1.23. The lowest BCUT2D eigenvalue weighted by Gasteiger charge is -2.22. The second kappa shape index (κ2) is 10.5. The third-order valence-electron chi connectivity index (χ3n) is 4.21. The predicted octanol–water partition coefficient (Wildman–Crippen LogP) is 4.29. The Kier molecular flexibility index (Phi) is 7.67. The molecule has 0 aliphatic rings. The zero-order valence-electron chi connectivity index (χ0n) is 18.7. The van der Waals surface area contributed by atoms with Gasteiger partial charge in [0.2, 0.25) is 5.82 Å². The molecule has 0 radical (unpaired) electrons. The molecule has 0 saturated carbocycles. The summed E-state index contributed by atoms with van der Waals surface area (Å²) in [6, 6.07) is 9.80. The third kappa shape index (κ3) is 7.41. The molecule has 1 unspecified atom stereocenters. The van der Waals surface area contributed by atoms with Crippen molar-refractivity contribution in [2.24, 2.45) is 0 Å². The predicted molar refractivity (Wildman–Crippen MR) is 120 cm³/mol. The number of carboxylic acid groups (broad SMARTS) is 1. The highest BCUT2D eigenvalue weighted by Gasteiger charge is 2.23. The van der Waals surface area contributed by atoms with Gasteiger partial charge in [-0.25, -0.2) is 9.18 Å². The molecule has 3 aromatic rings. The number of carboxylic acids is 1. The summed E-state index contributed by atoms with van der Waals surface area (Å²) in [5.41, 5.74) is -0.411. The van der Waals surface area contributed by atoms with Gasteiger partial charge in [0.1, 0.15) is 11.4 Å². The third-order valence-corrected chi connectivity index (χ3v) is 4.46. The minimum absolute atomic E-state index is 0.00143. The molecule has 0 aliphatic carbocycles. The lowest BCUT2D eigenvalue weighted by Crippen LogP contribution is -2.42. The Morgan fingerprint density at radius 2 is 1.91 bits per heavy atom. The summed E-state index contributed by atoms with van der Waals surface area (Å²) in [5, 5.41) is 24.1. The van der Waals surface area contributed by atoms with E-state index in [-0.39, 0.29) is 24.5 Å². The van der Waals surface area contributed by atoms with Crippen molar-refractivity contribution >= 4 is 23.7 Å². The van der Waals surface area contributed by atoms with E-state index in [1.165, 1.54) is 12.1 Å². The Bertz CT molecular complexity index is 1160. The Hall–Kier alpha value is -3.73. The van der Waals surface area contributed by atoms with Crippen molar-refractivity contribution in [2.75, 3.05) is 0 Å². The number of alkyl carbamates (subject to hydrolysis) is 1. The summed E-state index contributed by atoms with van der Waals surface area (Å²) in [4.78, 5) is 24.3. The first-order valence-electron chi connectivity index (χ1n) is 10.2. The first-order valence-corrected chi connectivity index (χ1v) is 10.6. The zero-order chi connectivity index (χ0) is 24.9. The molecule has 1 heterocycles. The fourth-order valence-corrected chi connectivity index (χ4v) is 2.96. The lowest BCUT2D eigenvalue weighted by atomic mass is 10.2. The van der Waals surface area contributed by atoms with Gasteiger partial charge in [-0.05, 0) is 68.4 Å². The number of carbonyl (C=O) groups excluding carboxylic acids is 1. The van der Waals surface area contributed by atoms with E-state index in [2.05, 4.69) is 20.7 Å². The van der Waals surface area contributed by atoms with E-state index < -0.39 is 29.5 Å². The molecule has 1 aromatic heterocycles. The number of benzene rings is 2. The molecule has 34 heavy (non-hydrogen) atoms. The van der Waals surface area contributed by atoms with E-state index >= 15 is 0 Å². The van der Waals surface area contributed by atoms with Crippen LogP contribution in [0.3, 0.4) is 0 Å². The summed E-state index contributed by atoms with van der Waals surface area (Å²) in [6.07, 6.45) is -1.15. The standard InChI is InChI=1S/C22H23ClFN5O5/c1-22(2,3)34-21(32)25-15(11-19(30)31)12-29-27-20(26-28-29)13-4-9-18(17(24)10-13)33-16-7-5-14(23)6-8-16/h4-10,15H,11-12H2,1-3H3,(H,25,32)(H,30,31). The normalized spacial score (nSPS) is 12.1. The molecule has 0 aliphatic heterocycles. The second-order valence-electron chi connectivity index (χ2n) is 8.31. The number of aliphatic carboxylic acids is 1. The van der Waals surface area contributed by atoms with E-state index in [1.54, 1.807) is 51.1 Å². The van der Waals surface area contributed by atoms with Crippen molar-refractivity contribution in [3.63, 3.8) is 0 Å². The smallest absolute Gasteiger partial charge is 0.407 e. The molecular weight excluding hydrogens is 469 g/mol. The average Bonchev–Trinajstić information content (AvgIpc) is 3.17. The number of tetrazole rings is 1. The van der Waals surface area contributed by atoms with Crippen LogP contribution in [0.4, 0.5) is 9.18 Å². The number of amides is 1. The van der Waals surface area contributed by atoms with Gasteiger partial charge in [-0.1, -0.05) is 11.6 Å². The Morgan fingerprint density at radius 1 is 1.21 bits per heavy atom. The number of halogens is 2.